The minimum Gasteiger partial charge on any atom is -0.504 e. The number of rotatable bonds is 7. The van der Waals surface area contributed by atoms with Gasteiger partial charge in [0.05, 0.1) is 16.4 Å². The van der Waals surface area contributed by atoms with Crippen LogP contribution < -0.4 is 15.4 Å². The Morgan fingerprint density at radius 1 is 0.923 bits per heavy atom. The summed E-state index contributed by atoms with van der Waals surface area (Å²) in [5, 5.41) is 14.1. The van der Waals surface area contributed by atoms with Gasteiger partial charge in [-0.1, -0.05) is 71.7 Å². The third kappa shape index (κ3) is 6.95. The van der Waals surface area contributed by atoms with Crippen LogP contribution in [0.1, 0.15) is 26.5 Å². The Kier molecular flexibility index (Phi) is 8.22. The van der Waals surface area contributed by atoms with Crippen LogP contribution in [0.3, 0.4) is 0 Å². The lowest BCUT2D eigenvalue weighted by Crippen LogP contribution is -2.27. The summed E-state index contributed by atoms with van der Waals surface area (Å²) >= 11 is 11.7. The average molecular weight is 577 g/mol. The van der Waals surface area contributed by atoms with Crippen LogP contribution in [0.2, 0.25) is 10.2 Å². The molecule has 0 unspecified atom stereocenters. The van der Waals surface area contributed by atoms with Gasteiger partial charge in [0, 0.05) is 17.7 Å². The molecule has 0 spiro atoms. The van der Waals surface area contributed by atoms with Crippen molar-refractivity contribution in [1.29, 1.82) is 0 Å². The number of ether oxygens (including phenoxy) is 1. The van der Waals surface area contributed by atoms with E-state index in [0.717, 1.165) is 12.1 Å². The number of benzene rings is 2. The molecule has 0 bridgehead atoms. The van der Waals surface area contributed by atoms with Crippen LogP contribution in [0.25, 0.3) is 11.3 Å². The average Bonchev–Trinajstić information content (AvgIpc) is 2.90. The van der Waals surface area contributed by atoms with Gasteiger partial charge in [0.15, 0.2) is 16.6 Å². The van der Waals surface area contributed by atoms with E-state index >= 15 is 0 Å². The van der Waals surface area contributed by atoms with Gasteiger partial charge in [0.1, 0.15) is 11.4 Å². The number of nitrogens with zero attached hydrogens (tertiary/aromatic N) is 2. The zero-order chi connectivity index (χ0) is 28.2. The summed E-state index contributed by atoms with van der Waals surface area (Å²) in [6.45, 7) is -0.333. The third-order valence-corrected chi connectivity index (χ3v) is 5.75. The number of aromatic nitrogens is 2. The molecule has 13 heteroatoms. The van der Waals surface area contributed by atoms with Crippen molar-refractivity contribution in [1.82, 2.24) is 15.3 Å². The van der Waals surface area contributed by atoms with E-state index in [2.05, 4.69) is 25.3 Å². The van der Waals surface area contributed by atoms with Crippen molar-refractivity contribution in [3.05, 3.63) is 99.9 Å². The second-order valence-electron chi connectivity index (χ2n) is 7.88. The Bertz CT molecular complexity index is 1510. The fourth-order valence-corrected chi connectivity index (χ4v) is 3.85. The SMILES string of the molecule is O=C(Nc1ccc(-c2ccccc2)nc1C(=O)NCc1ccccc1OC(F)(F)F)c1cc(Cl)c(O)c(Cl)n1. The van der Waals surface area contributed by atoms with Crippen LogP contribution in [-0.4, -0.2) is 33.3 Å². The molecule has 4 aromatic rings. The largest absolute Gasteiger partial charge is 0.573 e. The lowest BCUT2D eigenvalue weighted by molar-refractivity contribution is -0.274. The van der Waals surface area contributed by atoms with E-state index in [0.29, 0.717) is 11.3 Å². The van der Waals surface area contributed by atoms with E-state index in [4.69, 9.17) is 23.2 Å². The van der Waals surface area contributed by atoms with Crippen molar-refractivity contribution in [3.8, 4) is 22.8 Å². The first-order chi connectivity index (χ1) is 18.5. The zero-order valence-electron chi connectivity index (χ0n) is 19.6. The Labute approximate surface area is 229 Å². The van der Waals surface area contributed by atoms with E-state index in [1.54, 1.807) is 36.4 Å². The van der Waals surface area contributed by atoms with Gasteiger partial charge in [-0.2, -0.15) is 0 Å². The van der Waals surface area contributed by atoms with Gasteiger partial charge in [-0.05, 0) is 24.3 Å². The smallest absolute Gasteiger partial charge is 0.504 e. The molecule has 0 saturated carbocycles. The number of anilines is 1. The molecule has 8 nitrogen and oxygen atoms in total. The highest BCUT2D eigenvalue weighted by molar-refractivity contribution is 6.36. The number of pyridine rings is 2. The molecule has 0 saturated heterocycles. The maximum atomic E-state index is 13.2. The first-order valence-corrected chi connectivity index (χ1v) is 11.8. The van der Waals surface area contributed by atoms with Crippen molar-refractivity contribution in [2.24, 2.45) is 0 Å². The van der Waals surface area contributed by atoms with Crippen LogP contribution in [0.15, 0.2) is 72.8 Å². The number of alkyl halides is 3. The second-order valence-corrected chi connectivity index (χ2v) is 8.64. The number of carbonyl (C=O) groups excluding carboxylic acids is 2. The number of hydrogen-bond acceptors (Lipinski definition) is 6. The summed E-state index contributed by atoms with van der Waals surface area (Å²) in [5.74, 6) is -2.58. The topological polar surface area (TPSA) is 113 Å². The van der Waals surface area contributed by atoms with Crippen LogP contribution >= 0.6 is 23.2 Å². The van der Waals surface area contributed by atoms with Crippen molar-refractivity contribution >= 4 is 40.7 Å². The molecule has 4 rings (SSSR count). The van der Waals surface area contributed by atoms with Crippen molar-refractivity contribution in [2.75, 3.05) is 5.32 Å². The number of aromatic hydroxyl groups is 1. The molecular weight excluding hydrogens is 560 g/mol. The lowest BCUT2D eigenvalue weighted by atomic mass is 10.1. The fraction of sp³-hybridized carbons (Fsp3) is 0.0769. The fourth-order valence-electron chi connectivity index (χ4n) is 3.42. The Morgan fingerprint density at radius 2 is 1.62 bits per heavy atom. The zero-order valence-corrected chi connectivity index (χ0v) is 21.1. The highest BCUT2D eigenvalue weighted by Crippen LogP contribution is 2.31. The number of nitrogens with one attached hydrogen (secondary N) is 2. The summed E-state index contributed by atoms with van der Waals surface area (Å²) in [7, 11) is 0. The van der Waals surface area contributed by atoms with Gasteiger partial charge in [-0.25, -0.2) is 9.97 Å². The van der Waals surface area contributed by atoms with E-state index < -0.39 is 34.8 Å². The lowest BCUT2D eigenvalue weighted by Gasteiger charge is -2.15. The van der Waals surface area contributed by atoms with Gasteiger partial charge >= 0.3 is 6.36 Å². The molecule has 2 amide bonds. The summed E-state index contributed by atoms with van der Waals surface area (Å²) in [4.78, 5) is 34.2. The summed E-state index contributed by atoms with van der Waals surface area (Å²) in [5.41, 5.74) is 0.625. The normalized spacial score (nSPS) is 11.1. The number of amides is 2. The van der Waals surface area contributed by atoms with Crippen LogP contribution in [0, 0.1) is 0 Å². The molecule has 2 aromatic heterocycles. The molecule has 3 N–H and O–H groups in total. The van der Waals surface area contributed by atoms with Gasteiger partial charge in [0.2, 0.25) is 0 Å². The predicted molar refractivity (Wildman–Crippen MR) is 138 cm³/mol. The van der Waals surface area contributed by atoms with E-state index in [-0.39, 0.29) is 34.2 Å². The Hall–Kier alpha value is -4.35. The molecule has 200 valence electrons. The van der Waals surface area contributed by atoms with E-state index in [1.807, 2.05) is 0 Å². The molecule has 0 radical (unpaired) electrons. The first kappa shape index (κ1) is 27.7. The minimum atomic E-state index is -4.92. The van der Waals surface area contributed by atoms with Crippen LogP contribution in [-0.2, 0) is 6.54 Å². The summed E-state index contributed by atoms with van der Waals surface area (Å²) in [6.07, 6.45) is -4.92. The molecule has 39 heavy (non-hydrogen) atoms. The number of para-hydroxylation sites is 1. The minimum absolute atomic E-state index is 0.0286. The Morgan fingerprint density at radius 3 is 2.31 bits per heavy atom. The van der Waals surface area contributed by atoms with Crippen LogP contribution in [0.4, 0.5) is 18.9 Å². The number of carbonyl (C=O) groups is 2. The molecule has 0 aliphatic heterocycles. The van der Waals surface area contributed by atoms with Gasteiger partial charge in [-0.3, -0.25) is 9.59 Å². The standard InChI is InChI=1S/C26H17Cl2F3N4O4/c27-16-12-19(34-23(28)22(16)36)24(37)35-18-11-10-17(14-6-2-1-3-7-14)33-21(18)25(38)32-13-15-8-4-5-9-20(15)39-26(29,30)31/h1-12,36H,13H2,(H,32,38)(H,35,37). The molecule has 2 aromatic carbocycles. The molecule has 0 aliphatic carbocycles. The molecule has 0 aliphatic rings. The maximum absolute atomic E-state index is 13.2. The first-order valence-electron chi connectivity index (χ1n) is 11.1. The monoisotopic (exact) mass is 576 g/mol. The van der Waals surface area contributed by atoms with Gasteiger partial charge in [0.25, 0.3) is 11.8 Å². The van der Waals surface area contributed by atoms with Crippen molar-refractivity contribution in [3.63, 3.8) is 0 Å². The second kappa shape index (κ2) is 11.6. The van der Waals surface area contributed by atoms with E-state index in [9.17, 15) is 27.9 Å². The summed E-state index contributed by atoms with van der Waals surface area (Å²) in [6, 6.07) is 18.3. The molecular formula is C26H17Cl2F3N4O4. The van der Waals surface area contributed by atoms with Crippen molar-refractivity contribution in [2.45, 2.75) is 12.9 Å². The number of hydrogen-bond donors (Lipinski definition) is 3. The highest BCUT2D eigenvalue weighted by atomic mass is 35.5. The highest BCUT2D eigenvalue weighted by Gasteiger charge is 2.32. The number of halogens is 5. The maximum Gasteiger partial charge on any atom is 0.573 e. The molecule has 2 heterocycles. The third-order valence-electron chi connectivity index (χ3n) is 5.20. The molecule has 0 atom stereocenters. The predicted octanol–water partition coefficient (Wildman–Crippen LogP) is 6.24. The van der Waals surface area contributed by atoms with Gasteiger partial charge < -0.3 is 20.5 Å². The molecule has 0 fully saturated rings. The van der Waals surface area contributed by atoms with Crippen molar-refractivity contribution < 1.29 is 32.6 Å². The quantitative estimate of drug-likeness (QED) is 0.224. The summed E-state index contributed by atoms with van der Waals surface area (Å²) < 4.78 is 42.4. The van der Waals surface area contributed by atoms with Gasteiger partial charge in [-0.15, -0.1) is 13.2 Å². The Balaban J connectivity index is 1.64. The van der Waals surface area contributed by atoms with E-state index in [1.165, 1.54) is 24.3 Å². The van der Waals surface area contributed by atoms with Crippen LogP contribution in [0.5, 0.6) is 11.5 Å².